The monoisotopic (exact) mass is 381 g/mol. The van der Waals surface area contributed by atoms with Crippen molar-refractivity contribution in [1.29, 1.82) is 0 Å². The molecule has 0 amide bonds. The zero-order valence-corrected chi connectivity index (χ0v) is 14.3. The number of nitrogens with two attached hydrogens (primary N) is 1. The molecule has 0 fully saturated rings. The van der Waals surface area contributed by atoms with Crippen molar-refractivity contribution in [2.24, 2.45) is 5.14 Å². The molecule has 0 atom stereocenters. The summed E-state index contributed by atoms with van der Waals surface area (Å²) >= 11 is 0. The lowest BCUT2D eigenvalue weighted by atomic mass is 10.1. The van der Waals surface area contributed by atoms with Crippen LogP contribution in [-0.2, 0) is 16.2 Å². The van der Waals surface area contributed by atoms with Crippen molar-refractivity contribution in [3.05, 3.63) is 65.9 Å². The van der Waals surface area contributed by atoms with Crippen LogP contribution in [0, 0.1) is 6.92 Å². The van der Waals surface area contributed by atoms with Crippen LogP contribution < -0.4 is 5.14 Å². The number of hydrogen-bond donors (Lipinski definition) is 1. The van der Waals surface area contributed by atoms with E-state index in [0.29, 0.717) is 11.3 Å². The highest BCUT2D eigenvalue weighted by Gasteiger charge is 2.35. The van der Waals surface area contributed by atoms with E-state index in [1.807, 2.05) is 6.92 Å². The van der Waals surface area contributed by atoms with Gasteiger partial charge in [-0.15, -0.1) is 0 Å². The van der Waals surface area contributed by atoms with Gasteiger partial charge in [0.05, 0.1) is 16.3 Å². The minimum atomic E-state index is -4.61. The highest BCUT2D eigenvalue weighted by atomic mass is 32.2. The van der Waals surface area contributed by atoms with Crippen LogP contribution in [0.1, 0.15) is 11.3 Å². The highest BCUT2D eigenvalue weighted by Crippen LogP contribution is 2.33. The topological polar surface area (TPSA) is 78.0 Å². The van der Waals surface area contributed by atoms with E-state index in [4.69, 9.17) is 5.14 Å². The van der Waals surface area contributed by atoms with Crippen molar-refractivity contribution < 1.29 is 21.6 Å². The molecule has 0 bridgehead atoms. The van der Waals surface area contributed by atoms with Crippen LogP contribution in [0.2, 0.25) is 0 Å². The predicted octanol–water partition coefficient (Wildman–Crippen LogP) is 3.51. The summed E-state index contributed by atoms with van der Waals surface area (Å²) in [7, 11) is -3.89. The van der Waals surface area contributed by atoms with Gasteiger partial charge >= 0.3 is 6.18 Å². The third kappa shape index (κ3) is 3.63. The Morgan fingerprint density at radius 2 is 1.58 bits per heavy atom. The molecule has 0 unspecified atom stereocenters. The Bertz CT molecular complexity index is 1040. The number of rotatable bonds is 3. The summed E-state index contributed by atoms with van der Waals surface area (Å²) in [6.45, 7) is 1.86. The molecule has 3 aromatic rings. The lowest BCUT2D eigenvalue weighted by Gasteiger charge is -2.08. The van der Waals surface area contributed by atoms with Crippen molar-refractivity contribution in [2.45, 2.75) is 18.0 Å². The first-order valence-corrected chi connectivity index (χ1v) is 8.98. The second-order valence-electron chi connectivity index (χ2n) is 5.73. The fraction of sp³-hybridized carbons (Fsp3) is 0.118. The molecule has 1 heterocycles. The molecule has 26 heavy (non-hydrogen) atoms. The largest absolute Gasteiger partial charge is 0.435 e. The van der Waals surface area contributed by atoms with E-state index in [9.17, 15) is 21.6 Å². The summed E-state index contributed by atoms with van der Waals surface area (Å²) < 4.78 is 63.2. The molecule has 5 nitrogen and oxygen atoms in total. The van der Waals surface area contributed by atoms with Crippen molar-refractivity contribution in [3.8, 4) is 16.9 Å². The van der Waals surface area contributed by atoms with Crippen molar-refractivity contribution in [2.75, 3.05) is 0 Å². The Labute approximate surface area is 147 Å². The lowest BCUT2D eigenvalue weighted by Crippen LogP contribution is -2.11. The van der Waals surface area contributed by atoms with Crippen LogP contribution in [0.5, 0.6) is 0 Å². The fourth-order valence-corrected chi connectivity index (χ4v) is 2.94. The summed E-state index contributed by atoms with van der Waals surface area (Å²) in [5.74, 6) is 0. The maximum atomic E-state index is 13.1. The maximum Gasteiger partial charge on any atom is 0.435 e. The van der Waals surface area contributed by atoms with Gasteiger partial charge in [-0.2, -0.15) is 18.3 Å². The van der Waals surface area contributed by atoms with Crippen LogP contribution in [0.3, 0.4) is 0 Å². The molecule has 2 N–H and O–H groups in total. The average Bonchev–Trinajstić information content (AvgIpc) is 3.00. The number of aryl methyl sites for hydroxylation is 1. The number of aromatic nitrogens is 2. The molecule has 0 saturated heterocycles. The molecule has 1 aromatic heterocycles. The molecular formula is C17H14F3N3O2S. The van der Waals surface area contributed by atoms with Crippen molar-refractivity contribution in [1.82, 2.24) is 9.78 Å². The summed E-state index contributed by atoms with van der Waals surface area (Å²) in [5.41, 5.74) is 0.930. The standard InChI is InChI=1S/C17H14F3N3O2S/c1-11-2-6-13(7-3-11)23-15(10-16(22-23)17(18,19)20)12-4-8-14(9-5-12)26(21,24)25/h2-10H,1H3,(H2,21,24,25). The van der Waals surface area contributed by atoms with E-state index in [-0.39, 0.29) is 10.6 Å². The van der Waals surface area contributed by atoms with Gasteiger partial charge in [0.1, 0.15) is 0 Å². The third-order valence-electron chi connectivity index (χ3n) is 3.76. The van der Waals surface area contributed by atoms with Crippen LogP contribution in [0.25, 0.3) is 16.9 Å². The highest BCUT2D eigenvalue weighted by molar-refractivity contribution is 7.89. The Morgan fingerprint density at radius 3 is 2.08 bits per heavy atom. The number of benzene rings is 2. The minimum absolute atomic E-state index is 0.126. The van der Waals surface area contributed by atoms with Gasteiger partial charge in [0.25, 0.3) is 0 Å². The smallest absolute Gasteiger partial charge is 0.233 e. The van der Waals surface area contributed by atoms with E-state index < -0.39 is 21.9 Å². The fourth-order valence-electron chi connectivity index (χ4n) is 2.42. The van der Waals surface area contributed by atoms with E-state index in [1.165, 1.54) is 28.9 Å². The number of primary sulfonamides is 1. The van der Waals surface area contributed by atoms with Crippen LogP contribution in [0.4, 0.5) is 13.2 Å². The average molecular weight is 381 g/mol. The van der Waals surface area contributed by atoms with Gasteiger partial charge in [0.2, 0.25) is 10.0 Å². The number of sulfonamides is 1. The van der Waals surface area contributed by atoms with E-state index in [2.05, 4.69) is 5.10 Å². The summed E-state index contributed by atoms with van der Waals surface area (Å²) in [4.78, 5) is -0.126. The number of hydrogen-bond acceptors (Lipinski definition) is 3. The maximum absolute atomic E-state index is 13.1. The molecule has 9 heteroatoms. The van der Waals surface area contributed by atoms with Crippen LogP contribution >= 0.6 is 0 Å². The number of alkyl halides is 3. The van der Waals surface area contributed by atoms with Gasteiger partial charge in [0, 0.05) is 5.56 Å². The van der Waals surface area contributed by atoms with Gasteiger partial charge in [-0.1, -0.05) is 29.8 Å². The van der Waals surface area contributed by atoms with E-state index in [0.717, 1.165) is 11.6 Å². The molecule has 136 valence electrons. The quantitative estimate of drug-likeness (QED) is 0.754. The van der Waals surface area contributed by atoms with Gasteiger partial charge in [0.15, 0.2) is 5.69 Å². The van der Waals surface area contributed by atoms with Crippen LogP contribution in [-0.4, -0.2) is 18.2 Å². The van der Waals surface area contributed by atoms with E-state index in [1.54, 1.807) is 24.3 Å². The Morgan fingerprint density at radius 1 is 1.00 bits per heavy atom. The number of nitrogens with zero attached hydrogens (tertiary/aromatic N) is 2. The summed E-state index contributed by atoms with van der Waals surface area (Å²) in [6, 6.07) is 13.0. The molecule has 0 aliphatic heterocycles. The minimum Gasteiger partial charge on any atom is -0.233 e. The Hall–Kier alpha value is -2.65. The first-order valence-electron chi connectivity index (χ1n) is 7.43. The molecule has 0 aliphatic carbocycles. The molecule has 2 aromatic carbocycles. The zero-order chi connectivity index (χ0) is 19.1. The van der Waals surface area contributed by atoms with Gasteiger partial charge in [-0.05, 0) is 37.3 Å². The molecule has 0 radical (unpaired) electrons. The van der Waals surface area contributed by atoms with Gasteiger partial charge in [-0.3, -0.25) is 0 Å². The first kappa shape index (κ1) is 18.2. The van der Waals surface area contributed by atoms with Crippen LogP contribution in [0.15, 0.2) is 59.5 Å². The molecule has 0 spiro atoms. The van der Waals surface area contributed by atoms with Gasteiger partial charge in [-0.25, -0.2) is 18.2 Å². The third-order valence-corrected chi connectivity index (χ3v) is 4.69. The predicted molar refractivity (Wildman–Crippen MR) is 90.1 cm³/mol. The zero-order valence-electron chi connectivity index (χ0n) is 13.5. The lowest BCUT2D eigenvalue weighted by molar-refractivity contribution is -0.141. The Kier molecular flexibility index (Phi) is 4.37. The first-order chi connectivity index (χ1) is 12.1. The second kappa shape index (κ2) is 6.26. The molecular weight excluding hydrogens is 367 g/mol. The second-order valence-corrected chi connectivity index (χ2v) is 7.29. The summed E-state index contributed by atoms with van der Waals surface area (Å²) in [5, 5.41) is 8.73. The molecule has 3 rings (SSSR count). The summed E-state index contributed by atoms with van der Waals surface area (Å²) in [6.07, 6.45) is -4.61. The van der Waals surface area contributed by atoms with E-state index >= 15 is 0 Å². The Balaban J connectivity index is 2.16. The van der Waals surface area contributed by atoms with Gasteiger partial charge < -0.3 is 0 Å². The molecule has 0 aliphatic rings. The SMILES string of the molecule is Cc1ccc(-n2nc(C(F)(F)F)cc2-c2ccc(S(N)(=O)=O)cc2)cc1. The van der Waals surface area contributed by atoms with Crippen molar-refractivity contribution in [3.63, 3.8) is 0 Å². The number of halogens is 3. The normalized spacial score (nSPS) is 12.3. The van der Waals surface area contributed by atoms with Crippen molar-refractivity contribution >= 4 is 10.0 Å². The molecule has 0 saturated carbocycles.